The van der Waals surface area contributed by atoms with Crippen molar-refractivity contribution in [3.8, 4) is 0 Å². The Bertz CT molecular complexity index is 787. The van der Waals surface area contributed by atoms with Gasteiger partial charge in [0.05, 0.1) is 31.5 Å². The van der Waals surface area contributed by atoms with E-state index >= 15 is 0 Å². The number of morpholine rings is 1. The minimum absolute atomic E-state index is 0.0547. The first-order valence-electron chi connectivity index (χ1n) is 8.88. The van der Waals surface area contributed by atoms with Crippen LogP contribution in [0.15, 0.2) is 28.9 Å². The zero-order chi connectivity index (χ0) is 18.1. The van der Waals surface area contributed by atoms with Gasteiger partial charge in [-0.25, -0.2) is 4.98 Å². The molecule has 2 saturated heterocycles. The van der Waals surface area contributed by atoms with E-state index in [4.69, 9.17) is 14.9 Å². The molecule has 2 N–H and O–H groups in total. The topological polar surface area (TPSA) is 97.7 Å². The minimum atomic E-state index is -0.107. The number of aryl methyl sites for hydroxylation is 1. The highest BCUT2D eigenvalue weighted by Gasteiger charge is 2.34. The van der Waals surface area contributed by atoms with Crippen LogP contribution in [-0.4, -0.2) is 66.2 Å². The van der Waals surface area contributed by atoms with Crippen LogP contribution in [0.1, 0.15) is 27.9 Å². The highest BCUT2D eigenvalue weighted by Crippen LogP contribution is 2.30. The fraction of sp³-hybridized carbons (Fsp3) is 0.500. The second-order valence-corrected chi connectivity index (χ2v) is 6.79. The van der Waals surface area contributed by atoms with Crippen molar-refractivity contribution in [3.63, 3.8) is 0 Å². The Morgan fingerprint density at radius 3 is 2.77 bits per heavy atom. The normalized spacial score (nSPS) is 23.5. The van der Waals surface area contributed by atoms with Gasteiger partial charge in [0, 0.05) is 32.2 Å². The minimum Gasteiger partial charge on any atom is -0.466 e. The van der Waals surface area contributed by atoms with E-state index in [2.05, 4.69) is 14.9 Å². The maximum absolute atomic E-state index is 12.6. The third-order valence-corrected chi connectivity index (χ3v) is 4.95. The molecule has 2 atom stereocenters. The summed E-state index contributed by atoms with van der Waals surface area (Å²) in [5, 5.41) is 0. The number of furan rings is 1. The van der Waals surface area contributed by atoms with E-state index in [-0.39, 0.29) is 17.9 Å². The van der Waals surface area contributed by atoms with Gasteiger partial charge in [-0.1, -0.05) is 0 Å². The number of nitrogens with zero attached hydrogens (tertiary/aromatic N) is 4. The van der Waals surface area contributed by atoms with Crippen molar-refractivity contribution in [3.05, 3.63) is 41.7 Å². The van der Waals surface area contributed by atoms with Crippen molar-refractivity contribution < 1.29 is 13.9 Å². The van der Waals surface area contributed by atoms with Gasteiger partial charge in [0.1, 0.15) is 23.0 Å². The molecule has 2 aliphatic rings. The van der Waals surface area contributed by atoms with Crippen LogP contribution in [0.3, 0.4) is 0 Å². The number of ether oxygens (including phenoxy) is 1. The molecular formula is C18H23N5O3. The molecule has 138 valence electrons. The highest BCUT2D eigenvalue weighted by atomic mass is 16.5. The van der Waals surface area contributed by atoms with Crippen molar-refractivity contribution in [2.45, 2.75) is 18.9 Å². The Morgan fingerprint density at radius 2 is 2.04 bits per heavy atom. The lowest BCUT2D eigenvalue weighted by Gasteiger charge is -2.26. The molecule has 0 spiro atoms. The van der Waals surface area contributed by atoms with E-state index in [1.807, 2.05) is 19.1 Å². The van der Waals surface area contributed by atoms with Crippen LogP contribution in [0.4, 0.5) is 5.82 Å². The molecule has 26 heavy (non-hydrogen) atoms. The molecule has 8 nitrogen and oxygen atoms in total. The molecule has 0 aromatic carbocycles. The number of hydrogen-bond donors (Lipinski definition) is 1. The number of carbonyl (C=O) groups excluding carboxylic acids is 1. The molecule has 0 radical (unpaired) electrons. The molecule has 1 amide bonds. The molecule has 4 heterocycles. The zero-order valence-electron chi connectivity index (χ0n) is 14.8. The Labute approximate surface area is 151 Å². The second-order valence-electron chi connectivity index (χ2n) is 6.79. The molecule has 2 aromatic heterocycles. The van der Waals surface area contributed by atoms with Crippen molar-refractivity contribution in [1.82, 2.24) is 14.9 Å². The summed E-state index contributed by atoms with van der Waals surface area (Å²) in [6.07, 6.45) is 3.20. The van der Waals surface area contributed by atoms with E-state index in [0.29, 0.717) is 50.9 Å². The molecule has 2 aliphatic heterocycles. The van der Waals surface area contributed by atoms with Crippen LogP contribution in [0.5, 0.6) is 0 Å². The first-order chi connectivity index (χ1) is 12.6. The number of rotatable bonds is 3. The molecular weight excluding hydrogens is 334 g/mol. The van der Waals surface area contributed by atoms with E-state index in [9.17, 15) is 4.79 Å². The molecule has 2 aromatic rings. The van der Waals surface area contributed by atoms with Crippen LogP contribution in [-0.2, 0) is 4.74 Å². The smallest absolute Gasteiger partial charge is 0.274 e. The fourth-order valence-corrected chi connectivity index (χ4v) is 3.51. The van der Waals surface area contributed by atoms with Crippen molar-refractivity contribution in [1.29, 1.82) is 0 Å². The third kappa shape index (κ3) is 3.30. The lowest BCUT2D eigenvalue weighted by atomic mass is 10.0. The van der Waals surface area contributed by atoms with E-state index in [0.717, 1.165) is 11.5 Å². The number of anilines is 1. The monoisotopic (exact) mass is 357 g/mol. The van der Waals surface area contributed by atoms with Crippen molar-refractivity contribution in [2.24, 2.45) is 5.73 Å². The van der Waals surface area contributed by atoms with Gasteiger partial charge in [-0.3, -0.25) is 9.78 Å². The lowest BCUT2D eigenvalue weighted by molar-refractivity contribution is 0.0299. The number of nitrogens with two attached hydrogens (primary N) is 1. The van der Waals surface area contributed by atoms with Crippen LogP contribution in [0.25, 0.3) is 0 Å². The number of carbonyl (C=O) groups is 1. The Balaban J connectivity index is 1.50. The van der Waals surface area contributed by atoms with Gasteiger partial charge in [0.15, 0.2) is 0 Å². The number of hydrogen-bond acceptors (Lipinski definition) is 7. The molecule has 2 fully saturated rings. The maximum Gasteiger partial charge on any atom is 0.274 e. The Kier molecular flexibility index (Phi) is 4.60. The Hall–Kier alpha value is -2.45. The first-order valence-corrected chi connectivity index (χ1v) is 8.88. The summed E-state index contributed by atoms with van der Waals surface area (Å²) >= 11 is 0. The quantitative estimate of drug-likeness (QED) is 0.867. The van der Waals surface area contributed by atoms with Crippen molar-refractivity contribution in [2.75, 3.05) is 44.3 Å². The summed E-state index contributed by atoms with van der Waals surface area (Å²) in [5.41, 5.74) is 6.68. The summed E-state index contributed by atoms with van der Waals surface area (Å²) in [7, 11) is 0. The largest absolute Gasteiger partial charge is 0.466 e. The van der Waals surface area contributed by atoms with Crippen LogP contribution >= 0.6 is 0 Å². The second kappa shape index (κ2) is 7.05. The average Bonchev–Trinajstić information content (AvgIpc) is 3.27. The molecule has 4 rings (SSSR count). The number of aromatic nitrogens is 2. The maximum atomic E-state index is 12.6. The van der Waals surface area contributed by atoms with E-state index in [1.165, 1.54) is 6.20 Å². The van der Waals surface area contributed by atoms with Gasteiger partial charge in [0.2, 0.25) is 0 Å². The molecule has 0 saturated carbocycles. The molecule has 0 aliphatic carbocycles. The molecule has 0 bridgehead atoms. The van der Waals surface area contributed by atoms with Gasteiger partial charge < -0.3 is 24.7 Å². The van der Waals surface area contributed by atoms with Crippen LogP contribution in [0.2, 0.25) is 0 Å². The summed E-state index contributed by atoms with van der Waals surface area (Å²) in [5.74, 6) is 2.44. The molecule has 8 heteroatoms. The predicted octanol–water partition coefficient (Wildman–Crippen LogP) is 0.782. The summed E-state index contributed by atoms with van der Waals surface area (Å²) in [4.78, 5) is 25.2. The van der Waals surface area contributed by atoms with Crippen LogP contribution < -0.4 is 10.6 Å². The highest BCUT2D eigenvalue weighted by molar-refractivity contribution is 5.92. The third-order valence-electron chi connectivity index (χ3n) is 4.95. The first kappa shape index (κ1) is 17.0. The predicted molar refractivity (Wildman–Crippen MR) is 95.1 cm³/mol. The Morgan fingerprint density at radius 1 is 1.23 bits per heavy atom. The van der Waals surface area contributed by atoms with Gasteiger partial charge in [-0.2, -0.15) is 0 Å². The average molecular weight is 357 g/mol. The fourth-order valence-electron chi connectivity index (χ4n) is 3.51. The summed E-state index contributed by atoms with van der Waals surface area (Å²) in [6.45, 7) is 5.55. The van der Waals surface area contributed by atoms with Gasteiger partial charge in [-0.15, -0.1) is 0 Å². The SMILES string of the molecule is Cc1ccc(C2CN(c3cncc(C(=O)N4CCOCC4)n3)CC2N)o1. The zero-order valence-corrected chi connectivity index (χ0v) is 14.8. The standard InChI is InChI=1S/C18H23N5O3/c1-12-2-3-16(26-12)13-10-23(11-14(13)19)17-9-20-8-15(21-17)18(24)22-4-6-25-7-5-22/h2-3,8-9,13-14H,4-7,10-11,19H2,1H3. The summed E-state index contributed by atoms with van der Waals surface area (Å²) in [6, 6.07) is 3.88. The van der Waals surface area contributed by atoms with E-state index < -0.39 is 0 Å². The molecule has 2 unspecified atom stereocenters. The van der Waals surface area contributed by atoms with Gasteiger partial charge in [0.25, 0.3) is 5.91 Å². The van der Waals surface area contributed by atoms with Crippen molar-refractivity contribution >= 4 is 11.7 Å². The van der Waals surface area contributed by atoms with E-state index in [1.54, 1.807) is 11.1 Å². The number of amides is 1. The lowest BCUT2D eigenvalue weighted by Crippen LogP contribution is -2.41. The van der Waals surface area contributed by atoms with Gasteiger partial charge in [-0.05, 0) is 19.1 Å². The van der Waals surface area contributed by atoms with Gasteiger partial charge >= 0.3 is 0 Å². The summed E-state index contributed by atoms with van der Waals surface area (Å²) < 4.78 is 11.0. The van der Waals surface area contributed by atoms with Crippen LogP contribution in [0, 0.1) is 6.92 Å².